The summed E-state index contributed by atoms with van der Waals surface area (Å²) in [6.45, 7) is 4.55. The molecule has 1 aromatic heterocycles. The summed E-state index contributed by atoms with van der Waals surface area (Å²) in [6.07, 6.45) is 3.65. The second-order valence-electron chi connectivity index (χ2n) is 4.43. The van der Waals surface area contributed by atoms with Gasteiger partial charge in [0.1, 0.15) is 11.6 Å². The highest BCUT2D eigenvalue weighted by atomic mass is 19.1. The van der Waals surface area contributed by atoms with Gasteiger partial charge in [-0.1, -0.05) is 0 Å². The van der Waals surface area contributed by atoms with Crippen LogP contribution in [-0.4, -0.2) is 9.78 Å². The van der Waals surface area contributed by atoms with Gasteiger partial charge in [-0.15, -0.1) is 0 Å². The molecule has 1 N–H and O–H groups in total. The fourth-order valence-electron chi connectivity index (χ4n) is 1.61. The van der Waals surface area contributed by atoms with Crippen LogP contribution in [0.5, 0.6) is 0 Å². The van der Waals surface area contributed by atoms with Crippen LogP contribution in [0.1, 0.15) is 25.5 Å². The van der Waals surface area contributed by atoms with Crippen LogP contribution in [0.25, 0.3) is 0 Å². The Kier molecular flexibility index (Phi) is 3.60. The number of rotatable bonds is 4. The van der Waals surface area contributed by atoms with Gasteiger partial charge in [0.25, 0.3) is 0 Å². The van der Waals surface area contributed by atoms with E-state index in [-0.39, 0.29) is 0 Å². The maximum absolute atomic E-state index is 13.0. The standard InChI is InChI=1S/C13H15F2N3/c1-9(2)18-8-10(7-17-18)6-16-13-4-11(14)3-12(15)5-13/h3-5,7-9,16H,6H2,1-2H3. The minimum atomic E-state index is -0.588. The first-order valence-corrected chi connectivity index (χ1v) is 5.77. The average molecular weight is 251 g/mol. The van der Waals surface area contributed by atoms with Gasteiger partial charge in [-0.05, 0) is 26.0 Å². The molecule has 2 aromatic rings. The Morgan fingerprint density at radius 1 is 1.22 bits per heavy atom. The topological polar surface area (TPSA) is 29.9 Å². The molecule has 3 nitrogen and oxygen atoms in total. The normalized spacial score (nSPS) is 10.9. The summed E-state index contributed by atoms with van der Waals surface area (Å²) in [5.74, 6) is -1.18. The first-order chi connectivity index (χ1) is 8.54. The Morgan fingerprint density at radius 3 is 2.44 bits per heavy atom. The minimum absolute atomic E-state index is 0.297. The highest BCUT2D eigenvalue weighted by Crippen LogP contribution is 2.14. The van der Waals surface area contributed by atoms with Crippen LogP contribution < -0.4 is 5.32 Å². The summed E-state index contributed by atoms with van der Waals surface area (Å²) in [7, 11) is 0. The molecular formula is C13H15F2N3. The summed E-state index contributed by atoms with van der Waals surface area (Å²) < 4.78 is 27.8. The maximum atomic E-state index is 13.0. The van der Waals surface area contributed by atoms with Gasteiger partial charge in [-0.3, -0.25) is 4.68 Å². The Bertz CT molecular complexity index is 515. The van der Waals surface area contributed by atoms with E-state index >= 15 is 0 Å². The number of nitrogens with one attached hydrogen (secondary N) is 1. The smallest absolute Gasteiger partial charge is 0.128 e. The Labute approximate surface area is 104 Å². The van der Waals surface area contributed by atoms with Crippen LogP contribution >= 0.6 is 0 Å². The van der Waals surface area contributed by atoms with Crippen molar-refractivity contribution in [2.45, 2.75) is 26.4 Å². The molecule has 0 amide bonds. The van der Waals surface area contributed by atoms with Gasteiger partial charge in [0.15, 0.2) is 0 Å². The predicted molar refractivity (Wildman–Crippen MR) is 66.3 cm³/mol. The molecule has 1 heterocycles. The third kappa shape index (κ3) is 3.06. The molecule has 5 heteroatoms. The largest absolute Gasteiger partial charge is 0.381 e. The Hall–Kier alpha value is -1.91. The van der Waals surface area contributed by atoms with Gasteiger partial charge in [0.2, 0.25) is 0 Å². The van der Waals surface area contributed by atoms with E-state index in [1.54, 1.807) is 6.20 Å². The van der Waals surface area contributed by atoms with Gasteiger partial charge < -0.3 is 5.32 Å². The van der Waals surface area contributed by atoms with Gasteiger partial charge in [0, 0.05) is 36.1 Å². The van der Waals surface area contributed by atoms with Gasteiger partial charge in [-0.2, -0.15) is 5.10 Å². The van der Waals surface area contributed by atoms with Crippen LogP contribution in [0.4, 0.5) is 14.5 Å². The van der Waals surface area contributed by atoms with Gasteiger partial charge >= 0.3 is 0 Å². The number of hydrogen-bond acceptors (Lipinski definition) is 2. The lowest BCUT2D eigenvalue weighted by Crippen LogP contribution is -2.01. The second-order valence-corrected chi connectivity index (χ2v) is 4.43. The van der Waals surface area contributed by atoms with Crippen molar-refractivity contribution >= 4 is 5.69 Å². The summed E-state index contributed by atoms with van der Waals surface area (Å²) in [4.78, 5) is 0. The fraction of sp³-hybridized carbons (Fsp3) is 0.308. The molecule has 0 saturated heterocycles. The third-order valence-corrected chi connectivity index (χ3v) is 2.54. The van der Waals surface area contributed by atoms with Crippen LogP contribution in [0.2, 0.25) is 0 Å². The number of anilines is 1. The first kappa shape index (κ1) is 12.5. The minimum Gasteiger partial charge on any atom is -0.381 e. The molecular weight excluding hydrogens is 236 g/mol. The van der Waals surface area contributed by atoms with E-state index in [1.807, 2.05) is 24.7 Å². The fourth-order valence-corrected chi connectivity index (χ4v) is 1.61. The number of hydrogen-bond donors (Lipinski definition) is 1. The molecule has 0 spiro atoms. The zero-order valence-corrected chi connectivity index (χ0v) is 10.3. The van der Waals surface area contributed by atoms with Crippen molar-refractivity contribution in [2.24, 2.45) is 0 Å². The molecule has 0 atom stereocenters. The molecule has 18 heavy (non-hydrogen) atoms. The zero-order valence-electron chi connectivity index (χ0n) is 10.3. The van der Waals surface area contributed by atoms with Crippen LogP contribution in [0.15, 0.2) is 30.6 Å². The van der Waals surface area contributed by atoms with Crippen molar-refractivity contribution in [2.75, 3.05) is 5.32 Å². The summed E-state index contributed by atoms with van der Waals surface area (Å²) in [5, 5.41) is 7.15. The summed E-state index contributed by atoms with van der Waals surface area (Å²) in [5.41, 5.74) is 1.39. The third-order valence-electron chi connectivity index (χ3n) is 2.54. The molecule has 0 aliphatic rings. The number of halogens is 2. The lowest BCUT2D eigenvalue weighted by Gasteiger charge is -2.05. The second kappa shape index (κ2) is 5.16. The lowest BCUT2D eigenvalue weighted by atomic mass is 10.3. The predicted octanol–water partition coefficient (Wildman–Crippen LogP) is 3.35. The molecule has 1 aromatic carbocycles. The monoisotopic (exact) mass is 251 g/mol. The van der Waals surface area contributed by atoms with E-state index in [1.165, 1.54) is 12.1 Å². The molecule has 0 unspecified atom stereocenters. The molecule has 0 bridgehead atoms. The number of aromatic nitrogens is 2. The Morgan fingerprint density at radius 2 is 1.89 bits per heavy atom. The van der Waals surface area contributed by atoms with Crippen LogP contribution in [0.3, 0.4) is 0 Å². The summed E-state index contributed by atoms with van der Waals surface area (Å²) >= 11 is 0. The average Bonchev–Trinajstić information content (AvgIpc) is 2.73. The quantitative estimate of drug-likeness (QED) is 0.903. The number of nitrogens with zero attached hydrogens (tertiary/aromatic N) is 2. The van der Waals surface area contributed by atoms with Gasteiger partial charge in [-0.25, -0.2) is 8.78 Å². The van der Waals surface area contributed by atoms with Crippen molar-refractivity contribution in [1.29, 1.82) is 0 Å². The molecule has 0 aliphatic heterocycles. The van der Waals surface area contributed by atoms with E-state index in [9.17, 15) is 8.78 Å². The summed E-state index contributed by atoms with van der Waals surface area (Å²) in [6, 6.07) is 3.67. The highest BCUT2D eigenvalue weighted by Gasteiger charge is 2.03. The van der Waals surface area contributed by atoms with Crippen LogP contribution in [-0.2, 0) is 6.54 Å². The lowest BCUT2D eigenvalue weighted by molar-refractivity contribution is 0.532. The Balaban J connectivity index is 2.02. The molecule has 0 fully saturated rings. The van der Waals surface area contributed by atoms with Crippen LogP contribution in [0, 0.1) is 11.6 Å². The van der Waals surface area contributed by atoms with Crippen molar-refractivity contribution in [3.8, 4) is 0 Å². The van der Waals surface area contributed by atoms with Crippen molar-refractivity contribution in [1.82, 2.24) is 9.78 Å². The van der Waals surface area contributed by atoms with Gasteiger partial charge in [0.05, 0.1) is 6.20 Å². The number of benzene rings is 1. The van der Waals surface area contributed by atoms with E-state index < -0.39 is 11.6 Å². The van der Waals surface area contributed by atoms with E-state index in [0.29, 0.717) is 18.3 Å². The molecule has 96 valence electrons. The molecule has 2 rings (SSSR count). The molecule has 0 radical (unpaired) electrons. The van der Waals surface area contributed by atoms with E-state index in [4.69, 9.17) is 0 Å². The van der Waals surface area contributed by atoms with E-state index in [2.05, 4.69) is 10.4 Å². The first-order valence-electron chi connectivity index (χ1n) is 5.77. The van der Waals surface area contributed by atoms with Crippen molar-refractivity contribution < 1.29 is 8.78 Å². The highest BCUT2D eigenvalue weighted by molar-refractivity contribution is 5.44. The molecule has 0 saturated carbocycles. The van der Waals surface area contributed by atoms with Crippen molar-refractivity contribution in [3.05, 3.63) is 47.8 Å². The maximum Gasteiger partial charge on any atom is 0.128 e. The van der Waals surface area contributed by atoms with E-state index in [0.717, 1.165) is 11.6 Å². The zero-order chi connectivity index (χ0) is 13.1. The molecule has 0 aliphatic carbocycles. The van der Waals surface area contributed by atoms with Crippen molar-refractivity contribution in [3.63, 3.8) is 0 Å². The SMILES string of the molecule is CC(C)n1cc(CNc2cc(F)cc(F)c2)cn1.